The number of hydrogen-bond donors (Lipinski definition) is 1. The number of ether oxygens (including phenoxy) is 2. The average Bonchev–Trinajstić information content (AvgIpc) is 2.74. The van der Waals surface area contributed by atoms with Gasteiger partial charge in [-0.3, -0.25) is 4.79 Å². The van der Waals surface area contributed by atoms with Crippen LogP contribution < -0.4 is 10.5 Å². The molecule has 1 aliphatic rings. The molecule has 1 amide bonds. The lowest BCUT2D eigenvalue weighted by atomic mass is 10.0. The molecule has 6 heteroatoms. The van der Waals surface area contributed by atoms with Crippen molar-refractivity contribution in [3.63, 3.8) is 0 Å². The van der Waals surface area contributed by atoms with E-state index in [1.165, 1.54) is 5.56 Å². The minimum atomic E-state index is 0. The second-order valence-corrected chi connectivity index (χ2v) is 7.15. The number of piperidine rings is 1. The molecule has 1 aliphatic heterocycles. The first-order valence-electron chi connectivity index (χ1n) is 10.1. The first kappa shape index (κ1) is 23.2. The quantitative estimate of drug-likeness (QED) is 0.633. The van der Waals surface area contributed by atoms with Crippen molar-refractivity contribution in [2.45, 2.75) is 31.8 Å². The Morgan fingerprint density at radius 2 is 1.72 bits per heavy atom. The molecule has 29 heavy (non-hydrogen) atoms. The monoisotopic (exact) mass is 418 g/mol. The summed E-state index contributed by atoms with van der Waals surface area (Å²) in [5, 5.41) is 0. The van der Waals surface area contributed by atoms with E-state index in [9.17, 15) is 4.79 Å². The molecule has 1 fully saturated rings. The number of hydrogen-bond acceptors (Lipinski definition) is 4. The molecule has 0 radical (unpaired) electrons. The van der Waals surface area contributed by atoms with Crippen LogP contribution in [0.2, 0.25) is 0 Å². The summed E-state index contributed by atoms with van der Waals surface area (Å²) in [6.45, 7) is 2.88. The first-order valence-corrected chi connectivity index (χ1v) is 10.1. The van der Waals surface area contributed by atoms with Gasteiger partial charge in [0.05, 0.1) is 6.10 Å². The van der Waals surface area contributed by atoms with Gasteiger partial charge in [0.2, 0.25) is 0 Å². The van der Waals surface area contributed by atoms with E-state index in [4.69, 9.17) is 15.2 Å². The van der Waals surface area contributed by atoms with E-state index in [0.29, 0.717) is 13.2 Å². The molecule has 0 atom stereocenters. The largest absolute Gasteiger partial charge is 0.483 e. The number of para-hydroxylation sites is 1. The van der Waals surface area contributed by atoms with Gasteiger partial charge in [-0.1, -0.05) is 48.5 Å². The van der Waals surface area contributed by atoms with Crippen LogP contribution in [0.3, 0.4) is 0 Å². The number of amides is 1. The summed E-state index contributed by atoms with van der Waals surface area (Å²) in [6, 6.07) is 18.2. The molecular formula is C23H31ClN2O3. The van der Waals surface area contributed by atoms with Crippen LogP contribution in [0.4, 0.5) is 0 Å². The Labute approximate surface area is 179 Å². The lowest BCUT2D eigenvalue weighted by Gasteiger charge is -2.32. The van der Waals surface area contributed by atoms with Gasteiger partial charge in [0.15, 0.2) is 6.61 Å². The van der Waals surface area contributed by atoms with Crippen molar-refractivity contribution in [1.82, 2.24) is 4.90 Å². The predicted molar refractivity (Wildman–Crippen MR) is 118 cm³/mol. The normalized spacial score (nSPS) is 14.3. The summed E-state index contributed by atoms with van der Waals surface area (Å²) in [4.78, 5) is 14.4. The van der Waals surface area contributed by atoms with Crippen LogP contribution in [0, 0.1) is 0 Å². The molecule has 3 rings (SSSR count). The van der Waals surface area contributed by atoms with Gasteiger partial charge in [0.25, 0.3) is 5.91 Å². The zero-order chi connectivity index (χ0) is 19.6. The highest BCUT2D eigenvalue weighted by Gasteiger charge is 2.23. The maximum atomic E-state index is 12.6. The lowest BCUT2D eigenvalue weighted by molar-refractivity contribution is -0.136. The number of rotatable bonds is 9. The maximum Gasteiger partial charge on any atom is 0.260 e. The van der Waals surface area contributed by atoms with Crippen molar-refractivity contribution in [2.75, 3.05) is 32.8 Å². The van der Waals surface area contributed by atoms with E-state index in [-0.39, 0.29) is 31.0 Å². The highest BCUT2D eigenvalue weighted by molar-refractivity contribution is 5.85. The van der Waals surface area contributed by atoms with Gasteiger partial charge < -0.3 is 20.1 Å². The van der Waals surface area contributed by atoms with Gasteiger partial charge in [0, 0.05) is 26.1 Å². The molecule has 0 bridgehead atoms. The third-order valence-electron chi connectivity index (χ3n) is 5.06. The molecule has 0 saturated carbocycles. The first-order chi connectivity index (χ1) is 13.8. The van der Waals surface area contributed by atoms with E-state index < -0.39 is 0 Å². The zero-order valence-corrected chi connectivity index (χ0v) is 17.6. The molecule has 0 aromatic heterocycles. The molecule has 2 N–H and O–H groups in total. The van der Waals surface area contributed by atoms with Crippen molar-refractivity contribution in [3.8, 4) is 5.75 Å². The Balaban J connectivity index is 0.00000300. The number of nitrogens with two attached hydrogens (primary N) is 1. The minimum absolute atomic E-state index is 0. The summed E-state index contributed by atoms with van der Waals surface area (Å²) in [5.74, 6) is 0.814. The Morgan fingerprint density at radius 3 is 2.45 bits per heavy atom. The van der Waals surface area contributed by atoms with Crippen LogP contribution >= 0.6 is 12.4 Å². The molecule has 2 aromatic rings. The summed E-state index contributed by atoms with van der Waals surface area (Å²) < 4.78 is 11.7. The highest BCUT2D eigenvalue weighted by Crippen LogP contribution is 2.22. The molecule has 1 heterocycles. The molecule has 2 aromatic carbocycles. The van der Waals surface area contributed by atoms with E-state index >= 15 is 0 Å². The van der Waals surface area contributed by atoms with Crippen LogP contribution in [0.5, 0.6) is 5.75 Å². The second kappa shape index (κ2) is 12.5. The maximum absolute atomic E-state index is 12.6. The van der Waals surface area contributed by atoms with E-state index in [1.807, 2.05) is 41.3 Å². The number of carbonyl (C=O) groups excluding carboxylic acids is 1. The van der Waals surface area contributed by atoms with E-state index in [1.54, 1.807) is 0 Å². The second-order valence-electron chi connectivity index (χ2n) is 7.15. The minimum Gasteiger partial charge on any atom is -0.483 e. The molecule has 1 saturated heterocycles. The molecule has 5 nitrogen and oxygen atoms in total. The van der Waals surface area contributed by atoms with E-state index in [0.717, 1.165) is 50.1 Å². The van der Waals surface area contributed by atoms with Crippen molar-refractivity contribution >= 4 is 18.3 Å². The number of nitrogens with zero attached hydrogens (tertiary/aromatic N) is 1. The standard InChI is InChI=1S/C23H30N2O3.ClH/c24-13-6-16-27-21-11-14-25(15-12-21)23(26)18-28-22-10-5-4-9-20(22)17-19-7-2-1-3-8-19;/h1-5,7-10,21H,6,11-18,24H2;1H. The zero-order valence-electron chi connectivity index (χ0n) is 16.8. The van der Waals surface area contributed by atoms with Crippen molar-refractivity contribution in [2.24, 2.45) is 5.73 Å². The fourth-order valence-electron chi connectivity index (χ4n) is 3.44. The van der Waals surface area contributed by atoms with Gasteiger partial charge in [-0.2, -0.15) is 0 Å². The third-order valence-corrected chi connectivity index (χ3v) is 5.06. The van der Waals surface area contributed by atoms with Crippen molar-refractivity contribution < 1.29 is 14.3 Å². The molecule has 0 aliphatic carbocycles. The van der Waals surface area contributed by atoms with Crippen molar-refractivity contribution in [1.29, 1.82) is 0 Å². The van der Waals surface area contributed by atoms with Crippen LogP contribution in [-0.4, -0.2) is 49.8 Å². The number of carbonyl (C=O) groups is 1. The average molecular weight is 419 g/mol. The van der Waals surface area contributed by atoms with Gasteiger partial charge >= 0.3 is 0 Å². The lowest BCUT2D eigenvalue weighted by Crippen LogP contribution is -2.43. The molecule has 158 valence electrons. The Morgan fingerprint density at radius 1 is 1.03 bits per heavy atom. The summed E-state index contributed by atoms with van der Waals surface area (Å²) in [6.07, 6.45) is 3.66. The van der Waals surface area contributed by atoms with Crippen LogP contribution in [0.15, 0.2) is 54.6 Å². The van der Waals surface area contributed by atoms with Crippen LogP contribution in [0.1, 0.15) is 30.4 Å². The van der Waals surface area contributed by atoms with Crippen LogP contribution in [0.25, 0.3) is 0 Å². The Hall–Kier alpha value is -2.08. The summed E-state index contributed by atoms with van der Waals surface area (Å²) in [5.41, 5.74) is 7.81. The number of likely N-dealkylation sites (tertiary alicyclic amines) is 1. The fraction of sp³-hybridized carbons (Fsp3) is 0.435. The molecular weight excluding hydrogens is 388 g/mol. The Kier molecular flexibility index (Phi) is 9.98. The third kappa shape index (κ3) is 7.35. The molecule has 0 spiro atoms. The van der Waals surface area contributed by atoms with Gasteiger partial charge in [-0.25, -0.2) is 0 Å². The molecule has 0 unspecified atom stereocenters. The van der Waals surface area contributed by atoms with Crippen LogP contribution in [-0.2, 0) is 16.0 Å². The van der Waals surface area contributed by atoms with Gasteiger partial charge in [-0.05, 0) is 43.0 Å². The Bertz CT molecular complexity index is 734. The van der Waals surface area contributed by atoms with Gasteiger partial charge in [0.1, 0.15) is 5.75 Å². The predicted octanol–water partition coefficient (Wildman–Crippen LogP) is 3.43. The smallest absolute Gasteiger partial charge is 0.260 e. The van der Waals surface area contributed by atoms with Gasteiger partial charge in [-0.15, -0.1) is 12.4 Å². The summed E-state index contributed by atoms with van der Waals surface area (Å²) in [7, 11) is 0. The fourth-order valence-corrected chi connectivity index (χ4v) is 3.44. The summed E-state index contributed by atoms with van der Waals surface area (Å²) >= 11 is 0. The number of benzene rings is 2. The topological polar surface area (TPSA) is 64.8 Å². The van der Waals surface area contributed by atoms with Crippen molar-refractivity contribution in [3.05, 3.63) is 65.7 Å². The highest BCUT2D eigenvalue weighted by atomic mass is 35.5. The number of halogens is 1. The van der Waals surface area contributed by atoms with E-state index in [2.05, 4.69) is 18.2 Å². The SMILES string of the molecule is Cl.NCCCOC1CCN(C(=O)COc2ccccc2Cc2ccccc2)CC1.